The summed E-state index contributed by atoms with van der Waals surface area (Å²) >= 11 is 0. The number of anilines is 2. The van der Waals surface area contributed by atoms with E-state index in [1.54, 1.807) is 10.9 Å². The molecule has 0 saturated carbocycles. The minimum Gasteiger partial charge on any atom is -0.355 e. The summed E-state index contributed by atoms with van der Waals surface area (Å²) in [7, 11) is 1.88. The highest BCUT2D eigenvalue weighted by molar-refractivity contribution is 6.00. The molecule has 2 aliphatic rings. The van der Waals surface area contributed by atoms with E-state index in [4.69, 9.17) is 0 Å². The molecule has 1 amide bonds. The zero-order valence-electron chi connectivity index (χ0n) is 14.3. The number of hydrogen-bond donors (Lipinski definition) is 0. The lowest BCUT2D eigenvalue weighted by Crippen LogP contribution is -2.48. The van der Waals surface area contributed by atoms with Gasteiger partial charge in [-0.2, -0.15) is 5.10 Å². The molecule has 2 fully saturated rings. The van der Waals surface area contributed by atoms with E-state index in [9.17, 15) is 4.79 Å². The van der Waals surface area contributed by atoms with Gasteiger partial charge in [0.15, 0.2) is 0 Å². The van der Waals surface area contributed by atoms with Crippen molar-refractivity contribution in [2.75, 3.05) is 29.4 Å². The second-order valence-corrected chi connectivity index (χ2v) is 7.03. The molecule has 4 heterocycles. The van der Waals surface area contributed by atoms with E-state index in [0.29, 0.717) is 0 Å². The van der Waals surface area contributed by atoms with Crippen molar-refractivity contribution < 1.29 is 4.79 Å². The maximum absolute atomic E-state index is 13.2. The molecule has 6 heteroatoms. The molecule has 24 heavy (non-hydrogen) atoms. The number of aryl methyl sites for hydroxylation is 2. The first-order valence-electron chi connectivity index (χ1n) is 8.56. The minimum atomic E-state index is -0.280. The Morgan fingerprint density at radius 1 is 1.25 bits per heavy atom. The Morgan fingerprint density at radius 2 is 2.12 bits per heavy atom. The SMILES string of the molecule is Cc1cccnc1N1CCC[C@@]2(CCN(c3cnn(C)c3)C2=O)C1. The van der Waals surface area contributed by atoms with Crippen LogP contribution in [-0.2, 0) is 11.8 Å². The smallest absolute Gasteiger partial charge is 0.235 e. The van der Waals surface area contributed by atoms with Crippen LogP contribution in [0, 0.1) is 12.3 Å². The molecular weight excluding hydrogens is 302 g/mol. The van der Waals surface area contributed by atoms with Crippen molar-refractivity contribution in [2.45, 2.75) is 26.2 Å². The standard InChI is InChI=1S/C18H23N5O/c1-14-5-3-8-19-16(14)22-9-4-6-18(13-22)7-10-23(17(18)24)15-11-20-21(2)12-15/h3,5,8,11-12H,4,6-7,9-10,13H2,1-2H3/t18-/m1/s1. The highest BCUT2D eigenvalue weighted by atomic mass is 16.2. The first-order chi connectivity index (χ1) is 11.6. The Balaban J connectivity index is 1.59. The molecule has 0 aliphatic carbocycles. The average molecular weight is 325 g/mol. The number of hydrogen-bond acceptors (Lipinski definition) is 4. The number of nitrogens with zero attached hydrogens (tertiary/aromatic N) is 5. The Kier molecular flexibility index (Phi) is 3.55. The van der Waals surface area contributed by atoms with E-state index < -0.39 is 0 Å². The quantitative estimate of drug-likeness (QED) is 0.849. The fraction of sp³-hybridized carbons (Fsp3) is 0.500. The molecule has 0 unspecified atom stereocenters. The topological polar surface area (TPSA) is 54.3 Å². The zero-order chi connectivity index (χ0) is 16.7. The summed E-state index contributed by atoms with van der Waals surface area (Å²) in [6, 6.07) is 4.05. The van der Waals surface area contributed by atoms with E-state index in [1.165, 1.54) is 5.56 Å². The van der Waals surface area contributed by atoms with Gasteiger partial charge in [-0.1, -0.05) is 6.07 Å². The Labute approximate surface area is 142 Å². The van der Waals surface area contributed by atoms with Crippen LogP contribution in [0.2, 0.25) is 0 Å². The van der Waals surface area contributed by atoms with Crippen LogP contribution in [-0.4, -0.2) is 40.3 Å². The molecule has 126 valence electrons. The Bertz CT molecular complexity index is 770. The molecule has 0 radical (unpaired) electrons. The van der Waals surface area contributed by atoms with Gasteiger partial charge in [-0.3, -0.25) is 9.48 Å². The third kappa shape index (κ3) is 2.37. The van der Waals surface area contributed by atoms with Gasteiger partial charge in [0.05, 0.1) is 17.3 Å². The zero-order valence-corrected chi connectivity index (χ0v) is 14.3. The highest BCUT2D eigenvalue weighted by Gasteiger charge is 2.49. The van der Waals surface area contributed by atoms with Gasteiger partial charge in [-0.25, -0.2) is 4.98 Å². The molecular formula is C18H23N5O. The summed E-state index contributed by atoms with van der Waals surface area (Å²) < 4.78 is 1.75. The third-order valence-electron chi connectivity index (χ3n) is 5.37. The molecule has 0 aromatic carbocycles. The van der Waals surface area contributed by atoms with Gasteiger partial charge >= 0.3 is 0 Å². The lowest BCUT2D eigenvalue weighted by molar-refractivity contribution is -0.126. The highest BCUT2D eigenvalue weighted by Crippen LogP contribution is 2.42. The van der Waals surface area contributed by atoms with Crippen molar-refractivity contribution in [1.29, 1.82) is 0 Å². The largest absolute Gasteiger partial charge is 0.355 e. The number of piperidine rings is 1. The molecule has 4 rings (SSSR count). The summed E-state index contributed by atoms with van der Waals surface area (Å²) in [6.07, 6.45) is 8.43. The van der Waals surface area contributed by atoms with Gasteiger partial charge in [0, 0.05) is 39.1 Å². The maximum Gasteiger partial charge on any atom is 0.235 e. The normalized spacial score (nSPS) is 24.2. The Morgan fingerprint density at radius 3 is 2.88 bits per heavy atom. The summed E-state index contributed by atoms with van der Waals surface area (Å²) in [5.74, 6) is 1.26. The number of rotatable bonds is 2. The van der Waals surface area contributed by atoms with Gasteiger partial charge in [0.25, 0.3) is 0 Å². The number of carbonyl (C=O) groups excluding carboxylic acids is 1. The summed E-state index contributed by atoms with van der Waals surface area (Å²) in [5, 5.41) is 4.21. The number of amides is 1. The van der Waals surface area contributed by atoms with Crippen molar-refractivity contribution in [3.05, 3.63) is 36.3 Å². The number of aromatic nitrogens is 3. The third-order valence-corrected chi connectivity index (χ3v) is 5.37. The second kappa shape index (κ2) is 5.61. The van der Waals surface area contributed by atoms with Crippen LogP contribution in [0.5, 0.6) is 0 Å². The van der Waals surface area contributed by atoms with E-state index in [2.05, 4.69) is 28.0 Å². The fourth-order valence-electron chi connectivity index (χ4n) is 4.11. The molecule has 2 saturated heterocycles. The molecule has 6 nitrogen and oxygen atoms in total. The van der Waals surface area contributed by atoms with Crippen LogP contribution < -0.4 is 9.80 Å². The molecule has 2 aromatic heterocycles. The number of pyridine rings is 1. The average Bonchev–Trinajstić information content (AvgIpc) is 3.13. The van der Waals surface area contributed by atoms with Crippen LogP contribution in [0.25, 0.3) is 0 Å². The van der Waals surface area contributed by atoms with Gasteiger partial charge in [-0.05, 0) is 37.8 Å². The van der Waals surface area contributed by atoms with Crippen LogP contribution in [0.15, 0.2) is 30.7 Å². The van der Waals surface area contributed by atoms with Crippen molar-refractivity contribution in [2.24, 2.45) is 12.5 Å². The van der Waals surface area contributed by atoms with Crippen molar-refractivity contribution in [1.82, 2.24) is 14.8 Å². The van der Waals surface area contributed by atoms with E-state index in [0.717, 1.165) is 50.4 Å². The van der Waals surface area contributed by atoms with Gasteiger partial charge in [0.1, 0.15) is 5.82 Å². The second-order valence-electron chi connectivity index (χ2n) is 7.03. The Hall–Kier alpha value is -2.37. The van der Waals surface area contributed by atoms with Crippen LogP contribution in [0.1, 0.15) is 24.8 Å². The maximum atomic E-state index is 13.2. The fourth-order valence-corrected chi connectivity index (χ4v) is 4.11. The summed E-state index contributed by atoms with van der Waals surface area (Å²) in [5.41, 5.74) is 1.80. The van der Waals surface area contributed by atoms with Crippen molar-refractivity contribution in [3.63, 3.8) is 0 Å². The first kappa shape index (κ1) is 15.2. The molecule has 1 spiro atoms. The monoisotopic (exact) mass is 325 g/mol. The van der Waals surface area contributed by atoms with Gasteiger partial charge in [-0.15, -0.1) is 0 Å². The van der Waals surface area contributed by atoms with Gasteiger partial charge in [0.2, 0.25) is 5.91 Å². The predicted molar refractivity (Wildman–Crippen MR) is 93.0 cm³/mol. The lowest BCUT2D eigenvalue weighted by atomic mass is 9.78. The minimum absolute atomic E-state index is 0.244. The van der Waals surface area contributed by atoms with Crippen LogP contribution in [0.3, 0.4) is 0 Å². The summed E-state index contributed by atoms with van der Waals surface area (Å²) in [6.45, 7) is 4.60. The first-order valence-corrected chi connectivity index (χ1v) is 8.56. The van der Waals surface area contributed by atoms with Crippen LogP contribution >= 0.6 is 0 Å². The predicted octanol–water partition coefficient (Wildman–Crippen LogP) is 2.15. The van der Waals surface area contributed by atoms with Crippen LogP contribution in [0.4, 0.5) is 11.5 Å². The van der Waals surface area contributed by atoms with Crippen molar-refractivity contribution >= 4 is 17.4 Å². The van der Waals surface area contributed by atoms with E-state index in [1.807, 2.05) is 30.4 Å². The molecule has 2 aromatic rings. The van der Waals surface area contributed by atoms with E-state index in [-0.39, 0.29) is 11.3 Å². The van der Waals surface area contributed by atoms with E-state index >= 15 is 0 Å². The molecule has 0 N–H and O–H groups in total. The number of carbonyl (C=O) groups is 1. The molecule has 2 aliphatic heterocycles. The van der Waals surface area contributed by atoms with Crippen molar-refractivity contribution in [3.8, 4) is 0 Å². The summed E-state index contributed by atoms with van der Waals surface area (Å²) in [4.78, 5) is 21.9. The lowest BCUT2D eigenvalue weighted by Gasteiger charge is -2.40. The molecule has 1 atom stereocenters. The van der Waals surface area contributed by atoms with Gasteiger partial charge < -0.3 is 9.80 Å². The molecule has 0 bridgehead atoms.